The number of amides is 1. The molecule has 0 saturated carbocycles. The van der Waals surface area contributed by atoms with E-state index in [1.807, 2.05) is 12.1 Å². The summed E-state index contributed by atoms with van der Waals surface area (Å²) in [7, 11) is 0. The lowest BCUT2D eigenvalue weighted by atomic mass is 10.3. The number of thiazole rings is 1. The minimum Gasteiger partial charge on any atom is -0.390 e. The van der Waals surface area contributed by atoms with Gasteiger partial charge in [-0.3, -0.25) is 9.78 Å². The first-order valence-corrected chi connectivity index (χ1v) is 8.18. The molecule has 0 aliphatic carbocycles. The van der Waals surface area contributed by atoms with Crippen molar-refractivity contribution in [2.24, 2.45) is 0 Å². The molecule has 25 heavy (non-hydrogen) atoms. The van der Waals surface area contributed by atoms with Crippen LogP contribution in [0, 0.1) is 0 Å². The number of nitrogens with one attached hydrogen (secondary N) is 1. The lowest BCUT2D eigenvalue weighted by Crippen LogP contribution is -2.10. The van der Waals surface area contributed by atoms with Crippen molar-refractivity contribution in [2.45, 2.75) is 6.61 Å². The van der Waals surface area contributed by atoms with Gasteiger partial charge in [-0.25, -0.2) is 14.5 Å². The molecule has 0 radical (unpaired) electrons. The number of aliphatic hydroxyl groups is 1. The highest BCUT2D eigenvalue weighted by atomic mass is 32.1. The summed E-state index contributed by atoms with van der Waals surface area (Å²) in [5.41, 5.74) is 2.01. The molecular formula is C16H12N6O2S. The third-order valence-electron chi connectivity index (χ3n) is 3.44. The van der Waals surface area contributed by atoms with Crippen LogP contribution in [-0.2, 0) is 6.61 Å². The van der Waals surface area contributed by atoms with Crippen molar-refractivity contribution in [3.63, 3.8) is 0 Å². The molecule has 2 N–H and O–H groups in total. The fourth-order valence-electron chi connectivity index (χ4n) is 2.25. The van der Waals surface area contributed by atoms with Crippen molar-refractivity contribution in [3.8, 4) is 10.6 Å². The number of hydrogen-bond donors (Lipinski definition) is 2. The minimum absolute atomic E-state index is 0.158. The summed E-state index contributed by atoms with van der Waals surface area (Å²) < 4.78 is 1.51. The molecule has 0 bridgehead atoms. The van der Waals surface area contributed by atoms with Gasteiger partial charge < -0.3 is 10.4 Å². The first-order valence-electron chi connectivity index (χ1n) is 7.37. The molecule has 0 fully saturated rings. The molecule has 0 spiro atoms. The van der Waals surface area contributed by atoms with Crippen LogP contribution in [0.15, 0.2) is 49.1 Å². The number of rotatable bonds is 4. The van der Waals surface area contributed by atoms with Crippen molar-refractivity contribution in [1.29, 1.82) is 0 Å². The zero-order valence-corrected chi connectivity index (χ0v) is 13.6. The third kappa shape index (κ3) is 3.10. The van der Waals surface area contributed by atoms with Crippen LogP contribution in [-0.4, -0.2) is 35.6 Å². The molecule has 0 aromatic carbocycles. The number of carbonyl (C=O) groups excluding carboxylic acids is 1. The van der Waals surface area contributed by atoms with Gasteiger partial charge in [-0.2, -0.15) is 5.10 Å². The van der Waals surface area contributed by atoms with Gasteiger partial charge in [-0.15, -0.1) is 11.3 Å². The molecule has 0 saturated heterocycles. The summed E-state index contributed by atoms with van der Waals surface area (Å²) in [6, 6.07) is 7.08. The number of fused-ring (bicyclic) bond motifs is 1. The number of aromatic nitrogens is 5. The molecule has 4 aromatic rings. The van der Waals surface area contributed by atoms with Gasteiger partial charge in [0.25, 0.3) is 5.91 Å². The quantitative estimate of drug-likeness (QED) is 0.582. The lowest BCUT2D eigenvalue weighted by molar-refractivity contribution is 0.103. The Morgan fingerprint density at radius 2 is 2.08 bits per heavy atom. The average Bonchev–Trinajstić information content (AvgIpc) is 3.28. The standard InChI is InChI=1S/C16H12N6O2S/c23-9-11-1-2-14-19-13(8-22(14)21-11)20-15(24)12-7-18-16(25-12)10-3-5-17-6-4-10/h1-8,23H,9H2,(H,20,24). The van der Waals surface area contributed by atoms with Gasteiger partial charge in [0.05, 0.1) is 24.7 Å². The molecule has 4 aromatic heterocycles. The van der Waals surface area contributed by atoms with E-state index in [9.17, 15) is 4.79 Å². The number of hydrogen-bond acceptors (Lipinski definition) is 7. The smallest absolute Gasteiger partial charge is 0.268 e. The van der Waals surface area contributed by atoms with E-state index in [0.29, 0.717) is 22.0 Å². The van der Waals surface area contributed by atoms with E-state index >= 15 is 0 Å². The Kier molecular flexibility index (Phi) is 3.92. The van der Waals surface area contributed by atoms with Gasteiger partial charge in [-0.05, 0) is 24.3 Å². The molecular weight excluding hydrogens is 340 g/mol. The molecule has 0 aliphatic rings. The number of nitrogens with zero attached hydrogens (tertiary/aromatic N) is 5. The summed E-state index contributed by atoms with van der Waals surface area (Å²) in [6.45, 7) is -0.158. The van der Waals surface area contributed by atoms with Crippen LogP contribution in [0.2, 0.25) is 0 Å². The van der Waals surface area contributed by atoms with Gasteiger partial charge in [0, 0.05) is 18.0 Å². The van der Waals surface area contributed by atoms with Crippen LogP contribution < -0.4 is 5.32 Å². The maximum absolute atomic E-state index is 12.4. The maximum atomic E-state index is 12.4. The molecule has 9 heteroatoms. The minimum atomic E-state index is -0.288. The van der Waals surface area contributed by atoms with Crippen molar-refractivity contribution in [1.82, 2.24) is 24.6 Å². The van der Waals surface area contributed by atoms with Crippen LogP contribution in [0.1, 0.15) is 15.4 Å². The van der Waals surface area contributed by atoms with Gasteiger partial charge in [0.2, 0.25) is 0 Å². The predicted octanol–water partition coefficient (Wildman–Crippen LogP) is 1.99. The molecule has 0 aliphatic heterocycles. The Balaban J connectivity index is 1.55. The SMILES string of the molecule is O=C(Nc1cn2nc(CO)ccc2n1)c1cnc(-c2ccncc2)s1. The first-order chi connectivity index (χ1) is 12.2. The highest BCUT2D eigenvalue weighted by molar-refractivity contribution is 7.17. The fraction of sp³-hybridized carbons (Fsp3) is 0.0625. The van der Waals surface area contributed by atoms with Crippen molar-refractivity contribution >= 4 is 28.7 Å². The monoisotopic (exact) mass is 352 g/mol. The predicted molar refractivity (Wildman–Crippen MR) is 92.2 cm³/mol. The van der Waals surface area contributed by atoms with Crippen LogP contribution in [0.4, 0.5) is 5.82 Å². The van der Waals surface area contributed by atoms with Crippen LogP contribution in [0.5, 0.6) is 0 Å². The second kappa shape index (κ2) is 6.38. The van der Waals surface area contributed by atoms with E-state index < -0.39 is 0 Å². The topological polar surface area (TPSA) is 105 Å². The summed E-state index contributed by atoms with van der Waals surface area (Å²) >= 11 is 1.29. The number of imidazole rings is 1. The highest BCUT2D eigenvalue weighted by Gasteiger charge is 2.14. The average molecular weight is 352 g/mol. The van der Waals surface area contributed by atoms with E-state index in [1.54, 1.807) is 30.7 Å². The Bertz CT molecular complexity index is 1040. The molecule has 124 valence electrons. The summed E-state index contributed by atoms with van der Waals surface area (Å²) in [5, 5.41) is 16.8. The highest BCUT2D eigenvalue weighted by Crippen LogP contribution is 2.25. The Hall–Kier alpha value is -3.17. The summed E-state index contributed by atoms with van der Waals surface area (Å²) in [4.78, 5) is 25.4. The largest absolute Gasteiger partial charge is 0.390 e. The van der Waals surface area contributed by atoms with Gasteiger partial charge in [0.15, 0.2) is 11.5 Å². The van der Waals surface area contributed by atoms with Crippen molar-refractivity contribution in [2.75, 3.05) is 5.32 Å². The van der Waals surface area contributed by atoms with E-state index in [-0.39, 0.29) is 12.5 Å². The molecule has 8 nitrogen and oxygen atoms in total. The summed E-state index contributed by atoms with van der Waals surface area (Å²) in [5.74, 6) is 0.0926. The molecule has 0 atom stereocenters. The lowest BCUT2D eigenvalue weighted by Gasteiger charge is -1.97. The zero-order valence-electron chi connectivity index (χ0n) is 12.8. The van der Waals surface area contributed by atoms with Gasteiger partial charge in [0.1, 0.15) is 9.88 Å². The van der Waals surface area contributed by atoms with Gasteiger partial charge >= 0.3 is 0 Å². The van der Waals surface area contributed by atoms with E-state index in [0.717, 1.165) is 10.6 Å². The van der Waals surface area contributed by atoms with Crippen LogP contribution >= 0.6 is 11.3 Å². The number of carbonyl (C=O) groups is 1. The molecule has 4 rings (SSSR count). The number of pyridine rings is 1. The summed E-state index contributed by atoms with van der Waals surface area (Å²) in [6.07, 6.45) is 6.49. The molecule has 0 unspecified atom stereocenters. The van der Waals surface area contributed by atoms with Crippen LogP contribution in [0.25, 0.3) is 16.2 Å². The molecule has 1 amide bonds. The molecule has 4 heterocycles. The second-order valence-electron chi connectivity index (χ2n) is 5.13. The number of aliphatic hydroxyl groups excluding tert-OH is 1. The van der Waals surface area contributed by atoms with E-state index in [1.165, 1.54) is 22.0 Å². The Morgan fingerprint density at radius 1 is 1.24 bits per heavy atom. The third-order valence-corrected chi connectivity index (χ3v) is 4.48. The normalized spacial score (nSPS) is 10.9. The first kappa shape index (κ1) is 15.4. The van der Waals surface area contributed by atoms with E-state index in [4.69, 9.17) is 5.11 Å². The maximum Gasteiger partial charge on any atom is 0.268 e. The van der Waals surface area contributed by atoms with E-state index in [2.05, 4.69) is 25.4 Å². The van der Waals surface area contributed by atoms with Crippen molar-refractivity contribution in [3.05, 3.63) is 59.6 Å². The van der Waals surface area contributed by atoms with Gasteiger partial charge in [-0.1, -0.05) is 0 Å². The second-order valence-corrected chi connectivity index (χ2v) is 6.16. The Labute approximate surface area is 145 Å². The van der Waals surface area contributed by atoms with Crippen molar-refractivity contribution < 1.29 is 9.90 Å². The Morgan fingerprint density at radius 3 is 2.88 bits per heavy atom. The zero-order chi connectivity index (χ0) is 17.2. The fourth-order valence-corrected chi connectivity index (χ4v) is 3.07. The number of anilines is 1. The van der Waals surface area contributed by atoms with Crippen LogP contribution in [0.3, 0.4) is 0 Å².